The summed E-state index contributed by atoms with van der Waals surface area (Å²) in [5.41, 5.74) is 5.26. The first-order chi connectivity index (χ1) is 9.85. The Kier molecular flexibility index (Phi) is 3.48. The molecule has 2 N–H and O–H groups in total. The Morgan fingerprint density at radius 3 is 2.76 bits per heavy atom. The number of aromatic nitrogens is 1. The minimum atomic E-state index is -0.459. The van der Waals surface area contributed by atoms with E-state index >= 15 is 0 Å². The van der Waals surface area contributed by atoms with Gasteiger partial charge >= 0.3 is 0 Å². The fourth-order valence-electron chi connectivity index (χ4n) is 2.39. The molecule has 1 aromatic carbocycles. The van der Waals surface area contributed by atoms with Gasteiger partial charge in [0.2, 0.25) is 5.91 Å². The van der Waals surface area contributed by atoms with Gasteiger partial charge in [0.25, 0.3) is 0 Å². The molecule has 1 amide bonds. The number of H-pyrrole nitrogens is 1. The second kappa shape index (κ2) is 4.95. The van der Waals surface area contributed by atoms with Crippen LogP contribution in [0.4, 0.5) is 0 Å². The van der Waals surface area contributed by atoms with E-state index < -0.39 is 5.41 Å². The van der Waals surface area contributed by atoms with E-state index in [9.17, 15) is 4.79 Å². The van der Waals surface area contributed by atoms with Gasteiger partial charge in [-0.05, 0) is 26.3 Å². The molecule has 1 saturated carbocycles. The summed E-state index contributed by atoms with van der Waals surface area (Å²) in [5, 5.41) is 5.21. The number of carbonyl (C=O) groups excluding carboxylic acids is 1. The predicted molar refractivity (Wildman–Crippen MR) is 92.1 cm³/mol. The lowest BCUT2D eigenvalue weighted by Gasteiger charge is -2.09. The Bertz CT molecular complexity index is 750. The molecule has 1 fully saturated rings. The third-order valence-electron chi connectivity index (χ3n) is 4.06. The molecule has 0 spiro atoms. The van der Waals surface area contributed by atoms with Gasteiger partial charge in [0, 0.05) is 22.2 Å². The number of halogens is 2. The van der Waals surface area contributed by atoms with Crippen LogP contribution in [-0.4, -0.2) is 20.3 Å². The predicted octanol–water partition coefficient (Wildman–Crippen LogP) is 3.82. The maximum atomic E-state index is 12.1. The van der Waals surface area contributed by atoms with Crippen LogP contribution in [0.5, 0.6) is 0 Å². The number of hydrogen-bond acceptors (Lipinski definition) is 2. The number of carbonyl (C=O) groups is 1. The molecule has 0 unspecified atom stereocenters. The summed E-state index contributed by atoms with van der Waals surface area (Å²) < 4.78 is -0.302. The molecule has 1 aliphatic carbocycles. The Morgan fingerprint density at radius 2 is 2.10 bits per heavy atom. The highest BCUT2D eigenvalue weighted by molar-refractivity contribution is 9.25. The molecular weight excluding hydrogens is 398 g/mol. The molecule has 0 radical (unpaired) electrons. The molecule has 1 atom stereocenters. The number of aromatic amines is 1. The highest BCUT2D eigenvalue weighted by atomic mass is 79.9. The molecule has 2 aromatic rings. The van der Waals surface area contributed by atoms with Crippen molar-refractivity contribution in [3.05, 3.63) is 35.5 Å². The molecule has 1 aromatic heterocycles. The monoisotopic (exact) mass is 411 g/mol. The number of hydrogen-bond donors (Lipinski definition) is 2. The maximum absolute atomic E-state index is 12.1. The van der Waals surface area contributed by atoms with Crippen LogP contribution in [0, 0.1) is 12.3 Å². The van der Waals surface area contributed by atoms with Crippen LogP contribution >= 0.6 is 31.9 Å². The van der Waals surface area contributed by atoms with Gasteiger partial charge in [-0.2, -0.15) is 5.10 Å². The lowest BCUT2D eigenvalue weighted by Crippen LogP contribution is -2.29. The molecule has 0 saturated heterocycles. The van der Waals surface area contributed by atoms with Gasteiger partial charge in [0.1, 0.15) is 0 Å². The third kappa shape index (κ3) is 2.44. The van der Waals surface area contributed by atoms with E-state index in [1.807, 2.05) is 38.1 Å². The summed E-state index contributed by atoms with van der Waals surface area (Å²) in [7, 11) is 0. The van der Waals surface area contributed by atoms with Crippen molar-refractivity contribution in [3.8, 4) is 0 Å². The van der Waals surface area contributed by atoms with Gasteiger partial charge in [-0.1, -0.05) is 50.1 Å². The summed E-state index contributed by atoms with van der Waals surface area (Å²) in [6, 6.07) is 8.03. The van der Waals surface area contributed by atoms with Gasteiger partial charge in [-0.15, -0.1) is 0 Å². The molecule has 3 rings (SSSR count). The zero-order valence-electron chi connectivity index (χ0n) is 11.7. The highest BCUT2D eigenvalue weighted by Gasteiger charge is 2.66. The number of benzene rings is 1. The standard InChI is InChI=1S/C15H15Br2N3O/c1-9-11(10-5-3-4-6-12(10)19-9)7-18-20-13(21)14(2)8-15(14,16)17/h3-7,19H,8H2,1-2H3,(H,20,21)/b18-7-/t14-/m1/s1. The van der Waals surface area contributed by atoms with E-state index in [1.165, 1.54) is 0 Å². The van der Waals surface area contributed by atoms with E-state index in [0.29, 0.717) is 0 Å². The van der Waals surface area contributed by atoms with Crippen molar-refractivity contribution in [2.75, 3.05) is 0 Å². The molecular formula is C15H15Br2N3O. The molecule has 4 nitrogen and oxygen atoms in total. The smallest absolute Gasteiger partial charge is 0.248 e. The van der Waals surface area contributed by atoms with Crippen LogP contribution in [0.25, 0.3) is 10.9 Å². The Balaban J connectivity index is 1.77. The van der Waals surface area contributed by atoms with Gasteiger partial charge < -0.3 is 4.98 Å². The summed E-state index contributed by atoms with van der Waals surface area (Å²) in [6.45, 7) is 3.89. The number of nitrogens with zero attached hydrogens (tertiary/aromatic N) is 1. The van der Waals surface area contributed by atoms with Crippen molar-refractivity contribution in [3.63, 3.8) is 0 Å². The zero-order valence-corrected chi connectivity index (χ0v) is 14.9. The molecule has 0 aliphatic heterocycles. The SMILES string of the molecule is Cc1[nH]c2ccccc2c1/C=N\NC(=O)[C@@]1(C)CC1(Br)Br. The van der Waals surface area contributed by atoms with E-state index in [-0.39, 0.29) is 9.14 Å². The zero-order chi connectivity index (χ0) is 15.3. The van der Waals surface area contributed by atoms with Gasteiger partial charge in [-0.3, -0.25) is 4.79 Å². The number of para-hydroxylation sites is 1. The molecule has 6 heteroatoms. The summed E-state index contributed by atoms with van der Waals surface area (Å²) in [4.78, 5) is 15.4. The lowest BCUT2D eigenvalue weighted by atomic mass is 10.1. The van der Waals surface area contributed by atoms with Crippen LogP contribution < -0.4 is 5.43 Å². The van der Waals surface area contributed by atoms with Crippen LogP contribution in [0.3, 0.4) is 0 Å². The third-order valence-corrected chi connectivity index (χ3v) is 6.37. The number of hydrazone groups is 1. The normalized spacial score (nSPS) is 23.6. The Hall–Kier alpha value is -1.14. The van der Waals surface area contributed by atoms with Gasteiger partial charge in [0.05, 0.1) is 14.9 Å². The Morgan fingerprint density at radius 1 is 1.43 bits per heavy atom. The second-order valence-corrected chi connectivity index (χ2v) is 9.39. The minimum Gasteiger partial charge on any atom is -0.358 e. The lowest BCUT2D eigenvalue weighted by molar-refractivity contribution is -0.125. The van der Waals surface area contributed by atoms with Crippen molar-refractivity contribution in [1.29, 1.82) is 0 Å². The summed E-state index contributed by atoms with van der Waals surface area (Å²) in [6.07, 6.45) is 2.44. The van der Waals surface area contributed by atoms with Gasteiger partial charge in [0.15, 0.2) is 0 Å². The number of nitrogens with one attached hydrogen (secondary N) is 2. The van der Waals surface area contributed by atoms with Crippen molar-refractivity contribution < 1.29 is 4.79 Å². The average molecular weight is 413 g/mol. The summed E-state index contributed by atoms with van der Waals surface area (Å²) in [5.74, 6) is -0.0926. The largest absolute Gasteiger partial charge is 0.358 e. The van der Waals surface area contributed by atoms with E-state index in [1.54, 1.807) is 6.21 Å². The van der Waals surface area contributed by atoms with E-state index in [0.717, 1.165) is 28.6 Å². The fourth-order valence-corrected chi connectivity index (χ4v) is 3.87. The van der Waals surface area contributed by atoms with Crippen LogP contribution in [0.2, 0.25) is 0 Å². The number of alkyl halides is 2. The average Bonchev–Trinajstić information content (AvgIpc) is 2.79. The first-order valence-corrected chi connectivity index (χ1v) is 8.22. The van der Waals surface area contributed by atoms with Crippen LogP contribution in [0.1, 0.15) is 24.6 Å². The van der Waals surface area contributed by atoms with Crippen molar-refractivity contribution >= 4 is 54.9 Å². The van der Waals surface area contributed by atoms with Gasteiger partial charge in [-0.25, -0.2) is 5.43 Å². The number of amides is 1. The van der Waals surface area contributed by atoms with Crippen molar-refractivity contribution in [2.24, 2.45) is 10.5 Å². The van der Waals surface area contributed by atoms with E-state index in [2.05, 4.69) is 47.4 Å². The van der Waals surface area contributed by atoms with Crippen molar-refractivity contribution in [2.45, 2.75) is 23.5 Å². The minimum absolute atomic E-state index is 0.0926. The quantitative estimate of drug-likeness (QED) is 0.449. The molecule has 1 heterocycles. The van der Waals surface area contributed by atoms with E-state index in [4.69, 9.17) is 0 Å². The molecule has 1 aliphatic rings. The number of aryl methyl sites for hydroxylation is 1. The Labute approximate surface area is 139 Å². The molecule has 0 bridgehead atoms. The maximum Gasteiger partial charge on any atom is 0.248 e. The van der Waals surface area contributed by atoms with Crippen LogP contribution in [0.15, 0.2) is 29.4 Å². The summed E-state index contributed by atoms with van der Waals surface area (Å²) >= 11 is 6.97. The fraction of sp³-hybridized carbons (Fsp3) is 0.333. The first-order valence-electron chi connectivity index (χ1n) is 6.64. The van der Waals surface area contributed by atoms with Crippen molar-refractivity contribution in [1.82, 2.24) is 10.4 Å². The topological polar surface area (TPSA) is 57.2 Å². The first kappa shape index (κ1) is 14.8. The van der Waals surface area contributed by atoms with Crippen LogP contribution in [-0.2, 0) is 4.79 Å². The highest BCUT2D eigenvalue weighted by Crippen LogP contribution is 2.66. The second-order valence-electron chi connectivity index (χ2n) is 5.62. The number of fused-ring (bicyclic) bond motifs is 1. The molecule has 110 valence electrons. The number of rotatable bonds is 3. The molecule has 21 heavy (non-hydrogen) atoms.